The molecule has 102 valence electrons. The maximum Gasteiger partial charge on any atom is 0.0556 e. The summed E-state index contributed by atoms with van der Waals surface area (Å²) in [6.07, 6.45) is 6.07. The minimum absolute atomic E-state index is 0.0864. The average Bonchev–Trinajstić information content (AvgIpc) is 2.37. The van der Waals surface area contributed by atoms with Crippen LogP contribution in [0, 0.1) is 11.3 Å². The van der Waals surface area contributed by atoms with Crippen molar-refractivity contribution >= 4 is 0 Å². The number of hydrogen-bond acceptors (Lipinski definition) is 3. The Morgan fingerprint density at radius 3 is 2.35 bits per heavy atom. The number of hydrogen-bond donors (Lipinski definition) is 3. The zero-order chi connectivity index (χ0) is 12.9. The van der Waals surface area contributed by atoms with Crippen LogP contribution < -0.4 is 11.1 Å². The van der Waals surface area contributed by atoms with Gasteiger partial charge in [0.2, 0.25) is 0 Å². The highest BCUT2D eigenvalue weighted by atomic mass is 16.3. The van der Waals surface area contributed by atoms with E-state index in [-0.39, 0.29) is 12.1 Å². The Balaban J connectivity index is 2.53. The highest BCUT2D eigenvalue weighted by Gasteiger charge is 2.38. The lowest BCUT2D eigenvalue weighted by molar-refractivity contribution is 0.0987. The number of aliphatic hydroxyl groups excluding tert-OH is 1. The number of β-amino-alcohol motifs (C(OH)–C–C–N with tert-alkyl or cyclic N) is 1. The second kappa shape index (κ2) is 6.17. The van der Waals surface area contributed by atoms with E-state index in [0.717, 1.165) is 18.8 Å². The molecule has 1 aliphatic carbocycles. The number of aliphatic hydroxyl groups is 1. The van der Waals surface area contributed by atoms with Crippen LogP contribution in [0.15, 0.2) is 0 Å². The molecule has 0 spiro atoms. The Morgan fingerprint density at radius 2 is 1.94 bits per heavy atom. The van der Waals surface area contributed by atoms with Gasteiger partial charge in [0.15, 0.2) is 0 Å². The fourth-order valence-corrected chi connectivity index (χ4v) is 3.01. The summed E-state index contributed by atoms with van der Waals surface area (Å²) >= 11 is 0. The van der Waals surface area contributed by atoms with E-state index in [9.17, 15) is 0 Å². The van der Waals surface area contributed by atoms with E-state index >= 15 is 0 Å². The predicted molar refractivity (Wildman–Crippen MR) is 72.9 cm³/mol. The minimum Gasteiger partial charge on any atom is -0.395 e. The number of nitrogens with two attached hydrogens (primary N) is 1. The van der Waals surface area contributed by atoms with Crippen LogP contribution in [-0.2, 0) is 0 Å². The Labute approximate surface area is 106 Å². The summed E-state index contributed by atoms with van der Waals surface area (Å²) in [5, 5.41) is 12.4. The van der Waals surface area contributed by atoms with E-state index in [1.165, 1.54) is 19.3 Å². The Kier molecular flexibility index (Phi) is 5.42. The normalized spacial score (nSPS) is 30.5. The van der Waals surface area contributed by atoms with Crippen molar-refractivity contribution in [3.05, 3.63) is 0 Å². The monoisotopic (exact) mass is 242 g/mol. The van der Waals surface area contributed by atoms with Crippen LogP contribution in [-0.4, -0.2) is 30.3 Å². The minimum atomic E-state index is 0.0864. The molecule has 0 heterocycles. The van der Waals surface area contributed by atoms with Gasteiger partial charge >= 0.3 is 0 Å². The molecule has 1 fully saturated rings. The van der Waals surface area contributed by atoms with Gasteiger partial charge in [-0.05, 0) is 37.0 Å². The Morgan fingerprint density at radius 1 is 1.35 bits per heavy atom. The largest absolute Gasteiger partial charge is 0.395 e. The first-order valence-electron chi connectivity index (χ1n) is 7.05. The molecule has 1 rings (SSSR count). The van der Waals surface area contributed by atoms with Crippen molar-refractivity contribution in [3.63, 3.8) is 0 Å². The quantitative estimate of drug-likeness (QED) is 0.666. The second-order valence-electron chi connectivity index (χ2n) is 6.25. The first-order chi connectivity index (χ1) is 7.99. The van der Waals surface area contributed by atoms with Crippen molar-refractivity contribution in [3.8, 4) is 0 Å². The van der Waals surface area contributed by atoms with Gasteiger partial charge in [0.25, 0.3) is 0 Å². The Bertz CT molecular complexity index is 220. The van der Waals surface area contributed by atoms with Gasteiger partial charge in [-0.3, -0.25) is 0 Å². The number of nitrogens with one attached hydrogen (secondary N) is 1. The lowest BCUT2D eigenvalue weighted by Crippen LogP contribution is -2.54. The van der Waals surface area contributed by atoms with Gasteiger partial charge in [-0.15, -0.1) is 0 Å². The first kappa shape index (κ1) is 14.9. The predicted octanol–water partition coefficient (Wildman–Crippen LogP) is 1.89. The van der Waals surface area contributed by atoms with E-state index in [1.54, 1.807) is 0 Å². The second-order valence-corrected chi connectivity index (χ2v) is 6.25. The van der Waals surface area contributed by atoms with Crippen LogP contribution >= 0.6 is 0 Å². The molecule has 0 saturated heterocycles. The summed E-state index contributed by atoms with van der Waals surface area (Å²) in [4.78, 5) is 0. The SMILES string of the molecule is CCC(C)(C)C1CCC(CN)(NCCO)CC1. The smallest absolute Gasteiger partial charge is 0.0556 e. The average molecular weight is 242 g/mol. The van der Waals surface area contributed by atoms with Gasteiger partial charge in [-0.2, -0.15) is 0 Å². The lowest BCUT2D eigenvalue weighted by Gasteiger charge is -2.45. The summed E-state index contributed by atoms with van der Waals surface area (Å²) in [6, 6.07) is 0. The van der Waals surface area contributed by atoms with Crippen molar-refractivity contribution in [1.82, 2.24) is 5.32 Å². The molecule has 4 N–H and O–H groups in total. The third kappa shape index (κ3) is 3.67. The van der Waals surface area contributed by atoms with Gasteiger partial charge < -0.3 is 16.2 Å². The van der Waals surface area contributed by atoms with Gasteiger partial charge in [-0.1, -0.05) is 27.2 Å². The molecule has 0 atom stereocenters. The fourth-order valence-electron chi connectivity index (χ4n) is 3.01. The highest BCUT2D eigenvalue weighted by Crippen LogP contribution is 2.43. The molecule has 0 bridgehead atoms. The summed E-state index contributed by atoms with van der Waals surface area (Å²) in [7, 11) is 0. The topological polar surface area (TPSA) is 58.3 Å². The van der Waals surface area contributed by atoms with Gasteiger partial charge in [0.1, 0.15) is 0 Å². The van der Waals surface area contributed by atoms with Crippen molar-refractivity contribution in [1.29, 1.82) is 0 Å². The Hall–Kier alpha value is -0.120. The van der Waals surface area contributed by atoms with Crippen molar-refractivity contribution in [2.24, 2.45) is 17.1 Å². The van der Waals surface area contributed by atoms with E-state index < -0.39 is 0 Å². The maximum absolute atomic E-state index is 8.92. The molecule has 0 aromatic heterocycles. The molecule has 0 radical (unpaired) electrons. The molecule has 0 unspecified atom stereocenters. The maximum atomic E-state index is 8.92. The van der Waals surface area contributed by atoms with E-state index in [1.807, 2.05) is 0 Å². The molecular weight excluding hydrogens is 212 g/mol. The summed E-state index contributed by atoms with van der Waals surface area (Å²) < 4.78 is 0. The van der Waals surface area contributed by atoms with Gasteiger partial charge in [-0.25, -0.2) is 0 Å². The van der Waals surface area contributed by atoms with Crippen LogP contribution in [0.4, 0.5) is 0 Å². The van der Waals surface area contributed by atoms with E-state index in [4.69, 9.17) is 10.8 Å². The fraction of sp³-hybridized carbons (Fsp3) is 1.00. The molecule has 0 aliphatic heterocycles. The van der Waals surface area contributed by atoms with Crippen LogP contribution in [0.25, 0.3) is 0 Å². The van der Waals surface area contributed by atoms with Crippen molar-refractivity contribution in [2.75, 3.05) is 19.7 Å². The van der Waals surface area contributed by atoms with E-state index in [0.29, 0.717) is 18.5 Å². The molecule has 0 amide bonds. The van der Waals surface area contributed by atoms with Gasteiger partial charge in [0, 0.05) is 18.6 Å². The van der Waals surface area contributed by atoms with Crippen molar-refractivity contribution < 1.29 is 5.11 Å². The molecule has 3 nitrogen and oxygen atoms in total. The number of rotatable bonds is 6. The zero-order valence-electron chi connectivity index (χ0n) is 11.8. The summed E-state index contributed by atoms with van der Waals surface area (Å²) in [6.45, 7) is 8.61. The molecule has 1 aliphatic rings. The lowest BCUT2D eigenvalue weighted by atomic mass is 9.65. The standard InChI is InChI=1S/C14H30N2O/c1-4-13(2,3)12-5-7-14(11-15,8-6-12)16-9-10-17/h12,16-17H,4-11,15H2,1-3H3. The van der Waals surface area contributed by atoms with Crippen LogP contribution in [0.3, 0.4) is 0 Å². The molecule has 17 heavy (non-hydrogen) atoms. The molecular formula is C14H30N2O. The zero-order valence-corrected chi connectivity index (χ0v) is 11.8. The van der Waals surface area contributed by atoms with Crippen LogP contribution in [0.1, 0.15) is 52.9 Å². The van der Waals surface area contributed by atoms with Crippen molar-refractivity contribution in [2.45, 2.75) is 58.4 Å². The third-order valence-electron chi connectivity index (χ3n) is 4.96. The summed E-state index contributed by atoms with van der Waals surface area (Å²) in [5.41, 5.74) is 6.46. The van der Waals surface area contributed by atoms with Crippen LogP contribution in [0.2, 0.25) is 0 Å². The van der Waals surface area contributed by atoms with Crippen LogP contribution in [0.5, 0.6) is 0 Å². The summed E-state index contributed by atoms with van der Waals surface area (Å²) in [5.74, 6) is 0.822. The molecule has 0 aromatic carbocycles. The third-order valence-corrected chi connectivity index (χ3v) is 4.96. The van der Waals surface area contributed by atoms with E-state index in [2.05, 4.69) is 26.1 Å². The molecule has 0 aromatic rings. The first-order valence-corrected chi connectivity index (χ1v) is 7.05. The van der Waals surface area contributed by atoms with Gasteiger partial charge in [0.05, 0.1) is 6.61 Å². The highest BCUT2D eigenvalue weighted by molar-refractivity contribution is 4.96. The molecule has 3 heteroatoms. The molecule has 1 saturated carbocycles.